The van der Waals surface area contributed by atoms with Gasteiger partial charge in [-0.05, 0) is 78.3 Å². The fraction of sp³-hybridized carbons (Fsp3) is 0.833. The summed E-state index contributed by atoms with van der Waals surface area (Å²) in [5.41, 5.74) is 0. The topological polar surface area (TPSA) is 38.8 Å². The third-order valence-electron chi connectivity index (χ3n) is 8.70. The molecule has 0 aliphatic carbocycles. The van der Waals surface area contributed by atoms with Crippen molar-refractivity contribution in [2.24, 2.45) is 0 Å². The summed E-state index contributed by atoms with van der Waals surface area (Å²) < 4.78 is 11.7. The Kier molecular flexibility index (Phi) is 35.1. The molecule has 1 unspecified atom stereocenters. The van der Waals surface area contributed by atoms with Gasteiger partial charge in [-0.25, -0.2) is 0 Å². The van der Waals surface area contributed by atoms with Gasteiger partial charge < -0.3 is 14.4 Å². The quantitative estimate of drug-likeness (QED) is 0.0294. The van der Waals surface area contributed by atoms with E-state index in [0.717, 1.165) is 31.4 Å². The highest BCUT2D eigenvalue weighted by atomic mass is 16.6. The van der Waals surface area contributed by atoms with Crippen molar-refractivity contribution in [2.45, 2.75) is 200 Å². The van der Waals surface area contributed by atoms with E-state index in [9.17, 15) is 4.79 Å². The third kappa shape index (κ3) is 35.3. The molecule has 0 aromatic heterocycles. The number of hydrogen-bond donors (Lipinski definition) is 0. The molecule has 0 aromatic carbocycles. The minimum atomic E-state index is -0.253. The van der Waals surface area contributed by atoms with Crippen LogP contribution in [-0.2, 0) is 14.3 Å². The summed E-state index contributed by atoms with van der Waals surface area (Å²) in [6, 6.07) is 0. The Hall–Kier alpha value is -1.55. The first-order valence-corrected chi connectivity index (χ1v) is 19.9. The van der Waals surface area contributed by atoms with Gasteiger partial charge in [0.1, 0.15) is 12.7 Å². The molecule has 0 radical (unpaired) electrons. The number of likely N-dealkylation sites (N-methyl/N-ethyl adjacent to an activating group) is 1. The largest absolute Gasteiger partial charge is 0.495 e. The zero-order valence-electron chi connectivity index (χ0n) is 31.5. The third-order valence-corrected chi connectivity index (χ3v) is 8.70. The van der Waals surface area contributed by atoms with E-state index < -0.39 is 0 Å². The zero-order chi connectivity index (χ0) is 33.8. The molecule has 0 saturated heterocycles. The second kappa shape index (κ2) is 36.3. The number of hydrogen-bond acceptors (Lipinski definition) is 4. The van der Waals surface area contributed by atoms with E-state index >= 15 is 0 Å². The van der Waals surface area contributed by atoms with Gasteiger partial charge >= 0.3 is 5.97 Å². The van der Waals surface area contributed by atoms with Crippen LogP contribution in [0, 0.1) is 0 Å². The molecule has 4 heteroatoms. The standard InChI is InChI=1S/C42H79NO3/c1-6-8-10-12-14-16-18-20-22-24-26-28-30-32-34-36-40(3)45-39-41(38-43(4)5)46-42(44)37-35-33-31-29-27-25-23-21-19-17-15-13-11-9-7-2/h20-23,41H,3,6-19,24-39H2,1-2,4-5H3/b22-20-,23-21-. The first-order valence-electron chi connectivity index (χ1n) is 19.9. The summed E-state index contributed by atoms with van der Waals surface area (Å²) >= 11 is 0. The molecule has 4 nitrogen and oxygen atoms in total. The molecule has 0 rings (SSSR count). The lowest BCUT2D eigenvalue weighted by molar-refractivity contribution is -0.152. The van der Waals surface area contributed by atoms with E-state index in [1.165, 1.54) is 148 Å². The Bertz CT molecular complexity index is 714. The Morgan fingerprint density at radius 3 is 1.35 bits per heavy atom. The Labute approximate surface area is 288 Å². The molecule has 0 N–H and O–H groups in total. The van der Waals surface area contributed by atoms with Gasteiger partial charge in [0, 0.05) is 19.4 Å². The summed E-state index contributed by atoms with van der Waals surface area (Å²) in [7, 11) is 4.01. The van der Waals surface area contributed by atoms with Crippen molar-refractivity contribution >= 4 is 5.97 Å². The predicted octanol–water partition coefficient (Wildman–Crippen LogP) is 13.1. The summed E-state index contributed by atoms with van der Waals surface area (Å²) in [5.74, 6) is 0.714. The van der Waals surface area contributed by atoms with Crippen LogP contribution >= 0.6 is 0 Å². The van der Waals surface area contributed by atoms with Crippen molar-refractivity contribution in [1.29, 1.82) is 0 Å². The van der Waals surface area contributed by atoms with Crippen LogP contribution in [0.4, 0.5) is 0 Å². The molecular formula is C42H79NO3. The highest BCUT2D eigenvalue weighted by Crippen LogP contribution is 2.15. The van der Waals surface area contributed by atoms with Crippen molar-refractivity contribution in [3.63, 3.8) is 0 Å². The van der Waals surface area contributed by atoms with Crippen molar-refractivity contribution in [3.8, 4) is 0 Å². The van der Waals surface area contributed by atoms with Crippen LogP contribution in [-0.4, -0.2) is 44.2 Å². The fourth-order valence-corrected chi connectivity index (χ4v) is 5.79. The van der Waals surface area contributed by atoms with Crippen LogP contribution in [0.25, 0.3) is 0 Å². The van der Waals surface area contributed by atoms with E-state index in [2.05, 4.69) is 49.6 Å². The van der Waals surface area contributed by atoms with E-state index in [1.807, 2.05) is 14.1 Å². The Balaban J connectivity index is 3.78. The minimum Gasteiger partial charge on any atom is -0.495 e. The van der Waals surface area contributed by atoms with Gasteiger partial charge in [0.05, 0.1) is 5.76 Å². The van der Waals surface area contributed by atoms with E-state index in [-0.39, 0.29) is 12.1 Å². The van der Waals surface area contributed by atoms with E-state index in [0.29, 0.717) is 19.6 Å². The Morgan fingerprint density at radius 1 is 0.565 bits per heavy atom. The highest BCUT2D eigenvalue weighted by molar-refractivity contribution is 5.69. The second-order valence-corrected chi connectivity index (χ2v) is 13.9. The molecule has 0 saturated carbocycles. The molecule has 0 aromatic rings. The number of esters is 1. The second-order valence-electron chi connectivity index (χ2n) is 13.9. The number of unbranched alkanes of at least 4 members (excludes halogenated alkanes) is 22. The fourth-order valence-electron chi connectivity index (χ4n) is 5.79. The number of ether oxygens (including phenoxy) is 2. The van der Waals surface area contributed by atoms with Gasteiger partial charge in [0.2, 0.25) is 0 Å². The van der Waals surface area contributed by atoms with Crippen molar-refractivity contribution in [2.75, 3.05) is 27.2 Å². The maximum Gasteiger partial charge on any atom is 0.306 e. The number of carbonyl (C=O) groups is 1. The van der Waals surface area contributed by atoms with Crippen LogP contribution < -0.4 is 0 Å². The summed E-state index contributed by atoms with van der Waals surface area (Å²) in [4.78, 5) is 14.6. The lowest BCUT2D eigenvalue weighted by atomic mass is 10.1. The van der Waals surface area contributed by atoms with Crippen molar-refractivity contribution in [1.82, 2.24) is 4.90 Å². The first-order chi connectivity index (χ1) is 22.5. The zero-order valence-corrected chi connectivity index (χ0v) is 31.5. The van der Waals surface area contributed by atoms with Crippen molar-refractivity contribution in [3.05, 3.63) is 36.6 Å². The van der Waals surface area contributed by atoms with Gasteiger partial charge in [-0.15, -0.1) is 0 Å². The lowest BCUT2D eigenvalue weighted by Crippen LogP contribution is -2.34. The van der Waals surface area contributed by atoms with Crippen LogP contribution in [0.15, 0.2) is 36.6 Å². The van der Waals surface area contributed by atoms with Gasteiger partial charge in [-0.3, -0.25) is 4.79 Å². The average Bonchev–Trinajstić information content (AvgIpc) is 3.03. The molecule has 0 aliphatic heterocycles. The minimum absolute atomic E-state index is 0.101. The molecule has 270 valence electrons. The van der Waals surface area contributed by atoms with E-state index in [4.69, 9.17) is 9.47 Å². The van der Waals surface area contributed by atoms with Gasteiger partial charge in [-0.2, -0.15) is 0 Å². The Morgan fingerprint density at radius 2 is 0.935 bits per heavy atom. The highest BCUT2D eigenvalue weighted by Gasteiger charge is 2.16. The molecule has 0 spiro atoms. The molecule has 0 bridgehead atoms. The molecule has 0 fully saturated rings. The smallest absolute Gasteiger partial charge is 0.306 e. The first kappa shape index (κ1) is 44.5. The summed E-state index contributed by atoms with van der Waals surface area (Å²) in [6.45, 7) is 9.73. The molecule has 0 amide bonds. The molecule has 0 heterocycles. The lowest BCUT2D eigenvalue weighted by Gasteiger charge is -2.22. The number of rotatable bonds is 36. The van der Waals surface area contributed by atoms with Crippen LogP contribution in [0.5, 0.6) is 0 Å². The maximum atomic E-state index is 12.5. The number of nitrogens with zero attached hydrogens (tertiary/aromatic N) is 1. The van der Waals surface area contributed by atoms with Crippen molar-refractivity contribution < 1.29 is 14.3 Å². The van der Waals surface area contributed by atoms with Gasteiger partial charge in [0.25, 0.3) is 0 Å². The molecule has 46 heavy (non-hydrogen) atoms. The maximum absolute atomic E-state index is 12.5. The normalized spacial score (nSPS) is 12.5. The van der Waals surface area contributed by atoms with E-state index in [1.54, 1.807) is 0 Å². The SMILES string of the molecule is C=C(CCCCCCC/C=C\CCCCCCCC)OCC(CN(C)C)OC(=O)CCCCCCC/C=C\CCCCCCCC. The molecular weight excluding hydrogens is 566 g/mol. The van der Waals surface area contributed by atoms with Crippen LogP contribution in [0.3, 0.4) is 0 Å². The molecule has 0 aliphatic rings. The monoisotopic (exact) mass is 646 g/mol. The molecule has 1 atom stereocenters. The van der Waals surface area contributed by atoms with Gasteiger partial charge in [0.15, 0.2) is 0 Å². The number of allylic oxidation sites excluding steroid dienone is 5. The summed E-state index contributed by atoms with van der Waals surface area (Å²) in [5, 5.41) is 0. The number of carbonyl (C=O) groups excluding carboxylic acids is 1. The van der Waals surface area contributed by atoms with Crippen LogP contribution in [0.2, 0.25) is 0 Å². The summed E-state index contributed by atoms with van der Waals surface area (Å²) in [6.07, 6.45) is 43.9. The van der Waals surface area contributed by atoms with Crippen LogP contribution in [0.1, 0.15) is 194 Å². The van der Waals surface area contributed by atoms with Gasteiger partial charge in [-0.1, -0.05) is 147 Å². The average molecular weight is 646 g/mol. The predicted molar refractivity (Wildman–Crippen MR) is 202 cm³/mol.